The van der Waals surface area contributed by atoms with E-state index in [1.54, 1.807) is 12.1 Å². The Morgan fingerprint density at radius 1 is 1.10 bits per heavy atom. The third-order valence-electron chi connectivity index (χ3n) is 9.38. The molecular formula is C33H37F2N5O2. The van der Waals surface area contributed by atoms with Crippen molar-refractivity contribution in [3.8, 4) is 22.9 Å². The second kappa shape index (κ2) is 10.3. The fraction of sp³-hybridized carbons (Fsp3) is 0.455. The number of hydrogen-bond donors (Lipinski definition) is 2. The molecule has 4 aromatic rings. The number of aromatic nitrogens is 2. The average molecular weight is 574 g/mol. The van der Waals surface area contributed by atoms with Crippen molar-refractivity contribution in [2.45, 2.75) is 57.2 Å². The van der Waals surface area contributed by atoms with E-state index in [1.807, 2.05) is 32.3 Å². The summed E-state index contributed by atoms with van der Waals surface area (Å²) < 4.78 is 39.1. The molecule has 42 heavy (non-hydrogen) atoms. The van der Waals surface area contributed by atoms with Crippen molar-refractivity contribution < 1.29 is 18.6 Å². The molecule has 0 radical (unpaired) electrons. The molecule has 0 spiro atoms. The highest BCUT2D eigenvalue weighted by molar-refractivity contribution is 6.01. The third kappa shape index (κ3) is 4.63. The average Bonchev–Trinajstić information content (AvgIpc) is 3.74. The summed E-state index contributed by atoms with van der Waals surface area (Å²) in [7, 11) is 4.09. The van der Waals surface area contributed by atoms with Gasteiger partial charge in [-0.3, -0.25) is 0 Å². The van der Waals surface area contributed by atoms with Gasteiger partial charge >= 0.3 is 6.01 Å². The normalized spacial score (nSPS) is 22.8. The van der Waals surface area contributed by atoms with E-state index in [1.165, 1.54) is 12.1 Å². The Morgan fingerprint density at radius 2 is 1.90 bits per heavy atom. The van der Waals surface area contributed by atoms with Crippen LogP contribution in [0.25, 0.3) is 32.8 Å². The summed E-state index contributed by atoms with van der Waals surface area (Å²) in [5.41, 5.74) is 0.126. The predicted octanol–water partition coefficient (Wildman–Crippen LogP) is 5.87. The van der Waals surface area contributed by atoms with Gasteiger partial charge in [-0.15, -0.1) is 0 Å². The number of benzene rings is 3. The fourth-order valence-electron chi connectivity index (χ4n) is 7.29. The maximum Gasteiger partial charge on any atom is 0.319 e. The third-order valence-corrected chi connectivity index (χ3v) is 9.38. The van der Waals surface area contributed by atoms with Crippen LogP contribution in [0.3, 0.4) is 0 Å². The van der Waals surface area contributed by atoms with Crippen LogP contribution in [0.5, 0.6) is 11.8 Å². The number of halogens is 2. The first-order valence-corrected chi connectivity index (χ1v) is 15.0. The smallest absolute Gasteiger partial charge is 0.319 e. The molecule has 0 unspecified atom stereocenters. The standard InChI is InChI=1S/C33H37F2N5O2/c1-4-27-26-10-9-20(16-36-26)40(27)31-24-15-25(34)28(23-14-21(41)13-19-7-5-6-8-22(19)23)29(35)30(24)37-32(38-31)42-18-33(11-12-33)17-39(2)3/h5-8,13-15,20,26-27,36,41H,4,9-12,16-18H2,1-3H3/t20-,26-,27-/m0/s1. The lowest BCUT2D eigenvalue weighted by molar-refractivity contribution is 0.182. The molecule has 1 aromatic heterocycles. The van der Waals surface area contributed by atoms with E-state index in [0.717, 1.165) is 45.2 Å². The van der Waals surface area contributed by atoms with Gasteiger partial charge in [-0.2, -0.15) is 9.97 Å². The maximum atomic E-state index is 16.7. The summed E-state index contributed by atoms with van der Waals surface area (Å²) in [5.74, 6) is -1.03. The van der Waals surface area contributed by atoms with Gasteiger partial charge in [-0.25, -0.2) is 8.78 Å². The molecule has 3 aliphatic heterocycles. The first-order valence-electron chi connectivity index (χ1n) is 15.0. The van der Waals surface area contributed by atoms with E-state index in [9.17, 15) is 5.11 Å². The van der Waals surface area contributed by atoms with E-state index >= 15 is 8.78 Å². The Bertz CT molecular complexity index is 1670. The molecule has 9 heteroatoms. The monoisotopic (exact) mass is 573 g/mol. The number of ether oxygens (including phenoxy) is 1. The summed E-state index contributed by atoms with van der Waals surface area (Å²) >= 11 is 0. The molecule has 4 fully saturated rings. The van der Waals surface area contributed by atoms with Gasteiger partial charge in [0.1, 0.15) is 22.9 Å². The van der Waals surface area contributed by atoms with Crippen molar-refractivity contribution >= 4 is 27.5 Å². The maximum absolute atomic E-state index is 16.7. The highest BCUT2D eigenvalue weighted by Crippen LogP contribution is 2.47. The lowest BCUT2D eigenvalue weighted by atomic mass is 9.85. The minimum Gasteiger partial charge on any atom is -0.508 e. The highest BCUT2D eigenvalue weighted by Gasteiger charge is 2.45. The molecule has 1 saturated carbocycles. The van der Waals surface area contributed by atoms with Crippen molar-refractivity contribution in [2.75, 3.05) is 38.7 Å². The summed E-state index contributed by atoms with van der Waals surface area (Å²) in [6.07, 6.45) is 5.04. The van der Waals surface area contributed by atoms with Crippen LogP contribution in [0.1, 0.15) is 39.0 Å². The lowest BCUT2D eigenvalue weighted by Gasteiger charge is -2.52. The van der Waals surface area contributed by atoms with Crippen molar-refractivity contribution in [3.63, 3.8) is 0 Å². The summed E-state index contributed by atoms with van der Waals surface area (Å²) in [6, 6.07) is 12.3. The Balaban J connectivity index is 1.41. The molecule has 7 nitrogen and oxygen atoms in total. The van der Waals surface area contributed by atoms with Crippen LogP contribution in [0, 0.1) is 17.0 Å². The van der Waals surface area contributed by atoms with E-state index in [4.69, 9.17) is 9.72 Å². The van der Waals surface area contributed by atoms with Gasteiger partial charge in [-0.1, -0.05) is 31.2 Å². The van der Waals surface area contributed by atoms with Crippen molar-refractivity contribution in [2.24, 2.45) is 5.41 Å². The second-order valence-electron chi connectivity index (χ2n) is 12.6. The number of nitrogens with zero attached hydrogens (tertiary/aromatic N) is 4. The van der Waals surface area contributed by atoms with Gasteiger partial charge in [0, 0.05) is 42.0 Å². The van der Waals surface area contributed by atoms with Gasteiger partial charge in [0.05, 0.1) is 12.2 Å². The number of hydrogen-bond acceptors (Lipinski definition) is 7. The van der Waals surface area contributed by atoms with Gasteiger partial charge in [0.25, 0.3) is 0 Å². The fourth-order valence-corrected chi connectivity index (χ4v) is 7.29. The molecule has 2 N–H and O–H groups in total. The number of piperazine rings is 1. The SMILES string of the molecule is CC[C@H]1[C@@H]2CC[C@@H](CN2)N1c1nc(OCC2(CN(C)C)CC2)nc2c(F)c(-c3cc(O)cc4ccccc34)c(F)cc12. The summed E-state index contributed by atoms with van der Waals surface area (Å²) in [6.45, 7) is 4.27. The Kier molecular flexibility index (Phi) is 6.70. The van der Waals surface area contributed by atoms with Crippen molar-refractivity contribution in [1.82, 2.24) is 20.2 Å². The number of piperidine rings is 2. The zero-order chi connectivity index (χ0) is 29.2. The molecule has 3 saturated heterocycles. The zero-order valence-electron chi connectivity index (χ0n) is 24.3. The summed E-state index contributed by atoms with van der Waals surface area (Å²) in [5, 5.41) is 15.8. The number of rotatable bonds is 8. The molecule has 4 heterocycles. The van der Waals surface area contributed by atoms with Crippen LogP contribution in [0.2, 0.25) is 0 Å². The minimum atomic E-state index is -0.781. The Hall–Kier alpha value is -3.56. The number of phenols is 1. The highest BCUT2D eigenvalue weighted by atomic mass is 19.1. The first kappa shape index (κ1) is 27.3. The van der Waals surface area contributed by atoms with E-state index in [-0.39, 0.29) is 51.9 Å². The minimum absolute atomic E-state index is 0.0283. The van der Waals surface area contributed by atoms with Gasteiger partial charge in [0.15, 0.2) is 5.82 Å². The molecule has 2 bridgehead atoms. The Morgan fingerprint density at radius 3 is 2.62 bits per heavy atom. The van der Waals surface area contributed by atoms with Crippen molar-refractivity contribution in [1.29, 1.82) is 0 Å². The molecule has 1 aliphatic carbocycles. The molecule has 4 aliphatic rings. The molecule has 3 atom stereocenters. The molecule has 0 amide bonds. The molecule has 8 rings (SSSR count). The van der Waals surface area contributed by atoms with Crippen LogP contribution >= 0.6 is 0 Å². The van der Waals surface area contributed by atoms with Crippen LogP contribution in [-0.4, -0.2) is 71.9 Å². The van der Waals surface area contributed by atoms with E-state index in [2.05, 4.69) is 27.0 Å². The first-order chi connectivity index (χ1) is 20.3. The molecule has 3 aromatic carbocycles. The second-order valence-corrected chi connectivity index (χ2v) is 12.6. The summed E-state index contributed by atoms with van der Waals surface area (Å²) in [4.78, 5) is 13.9. The number of fused-ring (bicyclic) bond motifs is 5. The largest absolute Gasteiger partial charge is 0.508 e. The molecule has 220 valence electrons. The van der Waals surface area contributed by atoms with Crippen LogP contribution < -0.4 is 15.0 Å². The lowest BCUT2D eigenvalue weighted by Crippen LogP contribution is -2.67. The van der Waals surface area contributed by atoms with Crippen LogP contribution in [-0.2, 0) is 0 Å². The van der Waals surface area contributed by atoms with Crippen LogP contribution in [0.15, 0.2) is 42.5 Å². The number of nitrogens with one attached hydrogen (secondary N) is 1. The number of phenolic OH excluding ortho intramolecular Hbond substituents is 1. The van der Waals surface area contributed by atoms with Crippen molar-refractivity contribution in [3.05, 3.63) is 54.1 Å². The van der Waals surface area contributed by atoms with E-state index < -0.39 is 11.6 Å². The van der Waals surface area contributed by atoms with Gasteiger partial charge in [-0.05, 0) is 80.7 Å². The zero-order valence-corrected chi connectivity index (χ0v) is 24.3. The van der Waals surface area contributed by atoms with Gasteiger partial charge in [0.2, 0.25) is 0 Å². The number of anilines is 1. The molecular weight excluding hydrogens is 536 g/mol. The van der Waals surface area contributed by atoms with Gasteiger partial charge < -0.3 is 25.0 Å². The predicted molar refractivity (Wildman–Crippen MR) is 161 cm³/mol. The number of aromatic hydroxyl groups is 1. The Labute approximate surface area is 244 Å². The quantitative estimate of drug-likeness (QED) is 0.273. The topological polar surface area (TPSA) is 73.8 Å². The van der Waals surface area contributed by atoms with E-state index in [0.29, 0.717) is 28.6 Å². The van der Waals surface area contributed by atoms with Crippen LogP contribution in [0.4, 0.5) is 14.6 Å².